The molecule has 0 N–H and O–H groups in total. The van der Waals surface area contributed by atoms with Gasteiger partial charge < -0.3 is 9.47 Å². The Morgan fingerprint density at radius 1 is 1.30 bits per heavy atom. The predicted octanol–water partition coefficient (Wildman–Crippen LogP) is 2.80. The molecule has 106 valence electrons. The molecule has 1 aromatic carbocycles. The van der Waals surface area contributed by atoms with E-state index < -0.39 is 17.5 Å². The maximum atomic E-state index is 12.1. The minimum absolute atomic E-state index is 0.284. The Bertz CT molecular complexity index is 543. The van der Waals surface area contributed by atoms with E-state index in [2.05, 4.69) is 0 Å². The second-order valence-corrected chi connectivity index (χ2v) is 5.24. The van der Waals surface area contributed by atoms with E-state index in [1.54, 1.807) is 26.8 Å². The van der Waals surface area contributed by atoms with Crippen molar-refractivity contribution in [2.24, 2.45) is 5.41 Å². The maximum absolute atomic E-state index is 12.1. The van der Waals surface area contributed by atoms with Gasteiger partial charge in [-0.05, 0) is 26.3 Å². The molecule has 0 saturated carbocycles. The topological polar surface area (TPSA) is 52.6 Å². The average molecular weight is 274 g/mol. The van der Waals surface area contributed by atoms with Gasteiger partial charge in [0.05, 0.1) is 17.6 Å². The zero-order valence-corrected chi connectivity index (χ0v) is 11.9. The zero-order valence-electron chi connectivity index (χ0n) is 11.9. The van der Waals surface area contributed by atoms with Crippen molar-refractivity contribution in [1.82, 2.24) is 0 Å². The summed E-state index contributed by atoms with van der Waals surface area (Å²) in [4.78, 5) is 24.1. The highest BCUT2D eigenvalue weighted by Crippen LogP contribution is 2.37. The van der Waals surface area contributed by atoms with Crippen molar-refractivity contribution in [2.75, 3.05) is 6.61 Å². The van der Waals surface area contributed by atoms with E-state index in [0.717, 1.165) is 5.56 Å². The molecule has 4 nitrogen and oxygen atoms in total. The summed E-state index contributed by atoms with van der Waals surface area (Å²) in [5, 5.41) is 0. The van der Waals surface area contributed by atoms with Gasteiger partial charge >= 0.3 is 11.9 Å². The Kier molecular flexibility index (Phi) is 3.93. The van der Waals surface area contributed by atoms with E-state index in [0.29, 0.717) is 5.57 Å². The van der Waals surface area contributed by atoms with Crippen LogP contribution in [0.1, 0.15) is 32.4 Å². The van der Waals surface area contributed by atoms with Crippen molar-refractivity contribution in [3.05, 3.63) is 47.5 Å². The molecular weight excluding hydrogens is 256 g/mol. The highest BCUT2D eigenvalue weighted by atomic mass is 16.6. The molecule has 1 atom stereocenters. The summed E-state index contributed by atoms with van der Waals surface area (Å²) in [5.74, 6) is -0.790. The second-order valence-electron chi connectivity index (χ2n) is 5.24. The summed E-state index contributed by atoms with van der Waals surface area (Å²) in [6.45, 7) is 5.47. The Morgan fingerprint density at radius 2 is 1.95 bits per heavy atom. The van der Waals surface area contributed by atoms with Gasteiger partial charge in [-0.15, -0.1) is 0 Å². The van der Waals surface area contributed by atoms with E-state index in [4.69, 9.17) is 9.47 Å². The largest absolute Gasteiger partial charge is 0.463 e. The van der Waals surface area contributed by atoms with Gasteiger partial charge in [0.2, 0.25) is 0 Å². The molecule has 1 aliphatic heterocycles. The van der Waals surface area contributed by atoms with Crippen LogP contribution in [0.25, 0.3) is 0 Å². The van der Waals surface area contributed by atoms with Crippen molar-refractivity contribution < 1.29 is 19.1 Å². The number of hydrogen-bond donors (Lipinski definition) is 0. The van der Waals surface area contributed by atoms with E-state index in [1.165, 1.54) is 0 Å². The molecule has 0 bridgehead atoms. The van der Waals surface area contributed by atoms with Crippen molar-refractivity contribution in [2.45, 2.75) is 26.9 Å². The number of benzene rings is 1. The van der Waals surface area contributed by atoms with Crippen molar-refractivity contribution in [1.29, 1.82) is 0 Å². The molecule has 1 aromatic rings. The molecule has 1 unspecified atom stereocenters. The van der Waals surface area contributed by atoms with Gasteiger partial charge in [0.15, 0.2) is 6.10 Å². The lowest BCUT2D eigenvalue weighted by atomic mass is 9.85. The summed E-state index contributed by atoms with van der Waals surface area (Å²) in [6.07, 6.45) is 0.949. The van der Waals surface area contributed by atoms with Crippen molar-refractivity contribution in [3.63, 3.8) is 0 Å². The average Bonchev–Trinajstić information content (AvgIpc) is 2.42. The van der Waals surface area contributed by atoms with Crippen molar-refractivity contribution >= 4 is 11.9 Å². The van der Waals surface area contributed by atoms with Crippen LogP contribution in [0.3, 0.4) is 0 Å². The van der Waals surface area contributed by atoms with Crippen LogP contribution < -0.4 is 0 Å². The Morgan fingerprint density at radius 3 is 2.55 bits per heavy atom. The number of hydrogen-bond acceptors (Lipinski definition) is 4. The lowest BCUT2D eigenvalue weighted by molar-refractivity contribution is -0.159. The van der Waals surface area contributed by atoms with Gasteiger partial charge in [0.1, 0.15) is 0 Å². The summed E-state index contributed by atoms with van der Waals surface area (Å²) >= 11 is 0. The van der Waals surface area contributed by atoms with E-state index in [1.807, 2.05) is 30.3 Å². The van der Waals surface area contributed by atoms with Crippen LogP contribution in [-0.2, 0) is 19.1 Å². The van der Waals surface area contributed by atoms with Gasteiger partial charge in [-0.1, -0.05) is 36.4 Å². The molecule has 20 heavy (non-hydrogen) atoms. The highest BCUT2D eigenvalue weighted by Gasteiger charge is 2.40. The molecule has 1 heterocycles. The third-order valence-corrected chi connectivity index (χ3v) is 3.16. The first-order valence-corrected chi connectivity index (χ1v) is 6.61. The number of ether oxygens (including phenoxy) is 2. The second kappa shape index (κ2) is 5.49. The summed E-state index contributed by atoms with van der Waals surface area (Å²) < 4.78 is 10.5. The fourth-order valence-corrected chi connectivity index (χ4v) is 2.10. The third kappa shape index (κ3) is 2.74. The fourth-order valence-electron chi connectivity index (χ4n) is 2.10. The molecule has 0 fully saturated rings. The normalized spacial score (nSPS) is 20.9. The van der Waals surface area contributed by atoms with Gasteiger partial charge in [-0.2, -0.15) is 0 Å². The first-order valence-electron chi connectivity index (χ1n) is 6.61. The smallest absolute Gasteiger partial charge is 0.337 e. The van der Waals surface area contributed by atoms with Crippen LogP contribution in [-0.4, -0.2) is 18.5 Å². The van der Waals surface area contributed by atoms with Gasteiger partial charge in [0.25, 0.3) is 0 Å². The van der Waals surface area contributed by atoms with Crippen LogP contribution in [0.4, 0.5) is 0 Å². The lowest BCUT2D eigenvalue weighted by Crippen LogP contribution is -2.34. The lowest BCUT2D eigenvalue weighted by Gasteiger charge is -2.31. The first kappa shape index (κ1) is 14.3. The molecular formula is C16H18O4. The SMILES string of the molecule is CCOC(=O)C1=CC(C)(C)C(=O)OC1c1ccccc1. The molecule has 0 radical (unpaired) electrons. The van der Waals surface area contributed by atoms with Crippen LogP contribution in [0.15, 0.2) is 42.0 Å². The summed E-state index contributed by atoms with van der Waals surface area (Å²) in [6, 6.07) is 9.19. The summed E-state index contributed by atoms with van der Waals surface area (Å²) in [7, 11) is 0. The van der Waals surface area contributed by atoms with Crippen LogP contribution in [0.2, 0.25) is 0 Å². The monoisotopic (exact) mass is 274 g/mol. The van der Waals surface area contributed by atoms with Crippen LogP contribution in [0.5, 0.6) is 0 Å². The molecule has 0 saturated heterocycles. The van der Waals surface area contributed by atoms with E-state index >= 15 is 0 Å². The number of carbonyl (C=O) groups excluding carboxylic acids is 2. The van der Waals surface area contributed by atoms with Crippen molar-refractivity contribution in [3.8, 4) is 0 Å². The minimum atomic E-state index is -0.826. The first-order chi connectivity index (χ1) is 9.45. The number of carbonyl (C=O) groups is 2. The molecule has 1 aliphatic rings. The molecule has 0 amide bonds. The quantitative estimate of drug-likeness (QED) is 0.795. The summed E-state index contributed by atoms with van der Waals surface area (Å²) in [5.41, 5.74) is 0.311. The molecule has 0 spiro atoms. The minimum Gasteiger partial charge on any atom is -0.463 e. The van der Waals surface area contributed by atoms with Gasteiger partial charge in [-0.3, -0.25) is 4.79 Å². The van der Waals surface area contributed by atoms with Crippen LogP contribution in [0, 0.1) is 5.41 Å². The number of cyclic esters (lactones) is 1. The van der Waals surface area contributed by atoms with Gasteiger partial charge in [0, 0.05) is 0 Å². The maximum Gasteiger partial charge on any atom is 0.337 e. The predicted molar refractivity (Wildman–Crippen MR) is 73.8 cm³/mol. The molecule has 4 heteroatoms. The standard InChI is InChI=1S/C16H18O4/c1-4-19-14(17)12-10-16(2,3)15(18)20-13(12)11-8-6-5-7-9-11/h5-10,13H,4H2,1-3H3. The zero-order chi connectivity index (χ0) is 14.8. The Labute approximate surface area is 118 Å². The Balaban J connectivity index is 2.44. The Hall–Kier alpha value is -2.10. The van der Waals surface area contributed by atoms with Crippen LogP contribution >= 0.6 is 0 Å². The molecule has 2 rings (SSSR count). The van der Waals surface area contributed by atoms with E-state index in [-0.39, 0.29) is 12.6 Å². The van der Waals surface area contributed by atoms with Gasteiger partial charge in [-0.25, -0.2) is 4.79 Å². The highest BCUT2D eigenvalue weighted by molar-refractivity contribution is 5.94. The molecule has 0 aromatic heterocycles. The third-order valence-electron chi connectivity index (χ3n) is 3.16. The van der Waals surface area contributed by atoms with E-state index in [9.17, 15) is 9.59 Å². The number of rotatable bonds is 3. The number of esters is 2. The fraction of sp³-hybridized carbons (Fsp3) is 0.375. The molecule has 0 aliphatic carbocycles.